The monoisotopic (exact) mass is 641 g/mol. The summed E-state index contributed by atoms with van der Waals surface area (Å²) in [4.78, 5) is 33.2. The van der Waals surface area contributed by atoms with Crippen molar-refractivity contribution in [2.45, 2.75) is 30.8 Å². The number of benzene rings is 3. The highest BCUT2D eigenvalue weighted by molar-refractivity contribution is 7.89. The molecule has 12 heteroatoms. The fraction of sp³-hybridized carbons (Fsp3) is 0.138. The number of aromatic nitrogens is 1. The van der Waals surface area contributed by atoms with Crippen LogP contribution in [0.4, 0.5) is 5.69 Å². The van der Waals surface area contributed by atoms with E-state index in [2.05, 4.69) is 6.07 Å². The quantitative estimate of drug-likeness (QED) is 0.176. The summed E-state index contributed by atoms with van der Waals surface area (Å²) in [7, 11) is -4.32. The second kappa shape index (κ2) is 10.9. The van der Waals surface area contributed by atoms with Gasteiger partial charge < -0.3 is 0 Å². The Balaban J connectivity index is 1.32. The van der Waals surface area contributed by atoms with Crippen LogP contribution in [0.15, 0.2) is 83.1 Å². The molecule has 208 valence electrons. The van der Waals surface area contributed by atoms with Crippen molar-refractivity contribution in [1.82, 2.24) is 9.29 Å². The van der Waals surface area contributed by atoms with E-state index in [0.717, 1.165) is 35.6 Å². The first-order valence-corrected chi connectivity index (χ1v) is 16.3. The Bertz CT molecular complexity index is 1910. The van der Waals surface area contributed by atoms with Gasteiger partial charge in [-0.15, -0.1) is 22.7 Å². The number of imide groups is 1. The lowest BCUT2D eigenvalue weighted by Crippen LogP contribution is -2.45. The van der Waals surface area contributed by atoms with Gasteiger partial charge in [0.1, 0.15) is 15.9 Å². The Labute approximate surface area is 254 Å². The minimum Gasteiger partial charge on any atom is -0.274 e. The van der Waals surface area contributed by atoms with Crippen molar-refractivity contribution < 1.29 is 18.0 Å². The normalized spacial score (nSPS) is 15.9. The Morgan fingerprint density at radius 2 is 1.80 bits per heavy atom. The first kappa shape index (κ1) is 28.0. The molecule has 1 saturated heterocycles. The van der Waals surface area contributed by atoms with Crippen molar-refractivity contribution in [2.75, 3.05) is 4.90 Å². The fourth-order valence-electron chi connectivity index (χ4n) is 4.74. The fourth-order valence-corrected chi connectivity index (χ4v) is 8.89. The summed E-state index contributed by atoms with van der Waals surface area (Å²) in [6.45, 7) is 1.93. The maximum Gasteiger partial charge on any atom is 0.252 e. The van der Waals surface area contributed by atoms with Gasteiger partial charge >= 0.3 is 0 Å². The number of thiophene rings is 1. The average molecular weight is 643 g/mol. The molecule has 3 heterocycles. The number of halogens is 2. The summed E-state index contributed by atoms with van der Waals surface area (Å²) in [5.74, 6) is -1.12. The molecular weight excluding hydrogens is 621 g/mol. The van der Waals surface area contributed by atoms with Gasteiger partial charge in [-0.2, -0.15) is 4.31 Å². The number of amides is 2. The molecule has 1 aliphatic rings. The summed E-state index contributed by atoms with van der Waals surface area (Å²) < 4.78 is 29.9. The number of nitrogens with zero attached hydrogens (tertiary/aromatic N) is 3. The second-order valence-electron chi connectivity index (χ2n) is 9.53. The van der Waals surface area contributed by atoms with Crippen molar-refractivity contribution in [3.8, 4) is 10.6 Å². The molecule has 1 aliphatic heterocycles. The average Bonchev–Trinajstić information content (AvgIpc) is 3.67. The molecular formula is C29H21Cl2N3O4S3. The first-order valence-electron chi connectivity index (χ1n) is 12.5. The maximum absolute atomic E-state index is 13.9. The molecule has 0 saturated carbocycles. The number of fused-ring (bicyclic) bond motifs is 1. The SMILES string of the molecule is Cc1ccc2nc(-c3ccc(N4C(=O)CC(N(Cc5cccs5)S(=O)(=O)c5cc(Cl)ccc5Cl)C4=O)cc3)sc2c1. The number of carbonyl (C=O) groups excluding carboxylic acids is 2. The molecule has 3 aromatic carbocycles. The van der Waals surface area contributed by atoms with Crippen LogP contribution in [0.2, 0.25) is 10.0 Å². The number of anilines is 1. The van der Waals surface area contributed by atoms with Crippen molar-refractivity contribution >= 4 is 83.6 Å². The van der Waals surface area contributed by atoms with Crippen LogP contribution in [0, 0.1) is 6.92 Å². The number of thiazole rings is 1. The number of rotatable bonds is 7. The lowest BCUT2D eigenvalue weighted by atomic mass is 10.2. The van der Waals surface area contributed by atoms with Crippen LogP contribution in [0.25, 0.3) is 20.8 Å². The van der Waals surface area contributed by atoms with Crippen LogP contribution in [-0.4, -0.2) is 35.6 Å². The zero-order chi connectivity index (χ0) is 28.9. The molecule has 0 aliphatic carbocycles. The predicted octanol–water partition coefficient (Wildman–Crippen LogP) is 7.16. The molecule has 0 bridgehead atoms. The van der Waals surface area contributed by atoms with Gasteiger partial charge in [0.25, 0.3) is 5.91 Å². The lowest BCUT2D eigenvalue weighted by molar-refractivity contribution is -0.122. The molecule has 5 aromatic rings. The minimum atomic E-state index is -4.32. The Morgan fingerprint density at radius 1 is 1.02 bits per heavy atom. The summed E-state index contributed by atoms with van der Waals surface area (Å²) in [5, 5.41) is 2.79. The van der Waals surface area contributed by atoms with E-state index in [1.165, 1.54) is 29.5 Å². The van der Waals surface area contributed by atoms with E-state index in [0.29, 0.717) is 10.6 Å². The number of sulfonamides is 1. The van der Waals surface area contributed by atoms with Crippen LogP contribution in [0.3, 0.4) is 0 Å². The van der Waals surface area contributed by atoms with E-state index in [9.17, 15) is 18.0 Å². The van der Waals surface area contributed by atoms with E-state index in [4.69, 9.17) is 28.2 Å². The zero-order valence-corrected chi connectivity index (χ0v) is 25.4. The Kier molecular flexibility index (Phi) is 7.48. The Morgan fingerprint density at radius 3 is 2.54 bits per heavy atom. The summed E-state index contributed by atoms with van der Waals surface area (Å²) in [6, 6.07) is 19.5. The van der Waals surface area contributed by atoms with Gasteiger partial charge in [-0.05, 0) is 78.5 Å². The molecule has 41 heavy (non-hydrogen) atoms. The van der Waals surface area contributed by atoms with Crippen molar-refractivity contribution in [3.63, 3.8) is 0 Å². The highest BCUT2D eigenvalue weighted by Gasteiger charge is 2.47. The molecule has 1 unspecified atom stereocenters. The standard InChI is InChI=1S/C29H21Cl2N3O4S3/c1-17-4-11-23-25(13-17)40-28(32-23)18-5-8-20(9-6-18)34-27(35)15-24(29(34)36)33(16-21-3-2-12-39-21)41(37,38)26-14-19(30)7-10-22(26)31/h2-14,24H,15-16H2,1H3. The van der Waals surface area contributed by atoms with Gasteiger partial charge in [0, 0.05) is 22.0 Å². The molecule has 0 spiro atoms. The summed E-state index contributed by atoms with van der Waals surface area (Å²) in [6.07, 6.45) is -0.305. The van der Waals surface area contributed by atoms with Gasteiger partial charge in [-0.25, -0.2) is 18.3 Å². The van der Waals surface area contributed by atoms with E-state index in [-0.39, 0.29) is 27.9 Å². The number of aryl methyl sites for hydroxylation is 1. The zero-order valence-electron chi connectivity index (χ0n) is 21.5. The maximum atomic E-state index is 13.9. The Hall–Kier alpha value is -3.12. The van der Waals surface area contributed by atoms with Crippen LogP contribution in [0.1, 0.15) is 16.9 Å². The predicted molar refractivity (Wildman–Crippen MR) is 164 cm³/mol. The minimum absolute atomic E-state index is 0.0280. The van der Waals surface area contributed by atoms with Crippen LogP contribution < -0.4 is 4.90 Å². The van der Waals surface area contributed by atoms with E-state index in [1.54, 1.807) is 47.7 Å². The molecule has 6 rings (SSSR count). The van der Waals surface area contributed by atoms with Gasteiger partial charge in [-0.3, -0.25) is 9.59 Å². The smallest absolute Gasteiger partial charge is 0.252 e. The molecule has 7 nitrogen and oxygen atoms in total. The molecule has 0 radical (unpaired) electrons. The highest BCUT2D eigenvalue weighted by Crippen LogP contribution is 2.36. The number of carbonyl (C=O) groups is 2. The van der Waals surface area contributed by atoms with Crippen molar-refractivity contribution in [3.05, 3.63) is 98.7 Å². The molecule has 1 atom stereocenters. The first-order chi connectivity index (χ1) is 19.6. The van der Waals surface area contributed by atoms with E-state index >= 15 is 0 Å². The second-order valence-corrected chi connectivity index (χ2v) is 14.3. The number of hydrogen-bond donors (Lipinski definition) is 0. The third kappa shape index (κ3) is 5.31. The van der Waals surface area contributed by atoms with E-state index in [1.807, 2.05) is 24.4 Å². The molecule has 0 N–H and O–H groups in total. The van der Waals surface area contributed by atoms with Crippen LogP contribution >= 0.6 is 45.9 Å². The van der Waals surface area contributed by atoms with Gasteiger partial charge in [0.05, 0.1) is 27.3 Å². The summed E-state index contributed by atoms with van der Waals surface area (Å²) >= 11 is 15.3. The highest BCUT2D eigenvalue weighted by atomic mass is 35.5. The third-order valence-electron chi connectivity index (χ3n) is 6.76. The van der Waals surface area contributed by atoms with Crippen molar-refractivity contribution in [2.24, 2.45) is 0 Å². The lowest BCUT2D eigenvalue weighted by Gasteiger charge is -2.27. The largest absolute Gasteiger partial charge is 0.274 e. The van der Waals surface area contributed by atoms with Crippen molar-refractivity contribution in [1.29, 1.82) is 0 Å². The molecule has 2 aromatic heterocycles. The number of hydrogen-bond acceptors (Lipinski definition) is 7. The van der Waals surface area contributed by atoms with Crippen LogP contribution in [0.5, 0.6) is 0 Å². The topological polar surface area (TPSA) is 87.7 Å². The summed E-state index contributed by atoms with van der Waals surface area (Å²) in [5.41, 5.74) is 3.26. The van der Waals surface area contributed by atoms with Gasteiger partial charge in [0.2, 0.25) is 15.9 Å². The van der Waals surface area contributed by atoms with Crippen LogP contribution in [-0.2, 0) is 26.2 Å². The van der Waals surface area contributed by atoms with E-state index < -0.39 is 27.9 Å². The third-order valence-corrected chi connectivity index (χ3v) is 11.3. The molecule has 1 fully saturated rings. The molecule has 2 amide bonds. The van der Waals surface area contributed by atoms with Gasteiger partial charge in [0.15, 0.2) is 0 Å². The van der Waals surface area contributed by atoms with Gasteiger partial charge in [-0.1, -0.05) is 35.3 Å².